The van der Waals surface area contributed by atoms with Gasteiger partial charge < -0.3 is 0 Å². The van der Waals surface area contributed by atoms with Crippen LogP contribution in [0.15, 0.2) is 0 Å². The van der Waals surface area contributed by atoms with Gasteiger partial charge in [0.1, 0.15) is 0 Å². The molecule has 0 aromatic rings. The van der Waals surface area contributed by atoms with Gasteiger partial charge in [-0.1, -0.05) is 50.8 Å². The monoisotopic (exact) mass is 232 g/mol. The molecule has 0 radical (unpaired) electrons. The van der Waals surface area contributed by atoms with Crippen LogP contribution in [0.2, 0.25) is 0 Å². The maximum Gasteiger partial charge on any atom is 0.190 e. The van der Waals surface area contributed by atoms with Crippen molar-refractivity contribution in [1.29, 1.82) is 0 Å². The van der Waals surface area contributed by atoms with Gasteiger partial charge in [0, 0.05) is 12.2 Å². The van der Waals surface area contributed by atoms with Crippen LogP contribution < -0.4 is 0 Å². The molecule has 1 rings (SSSR count). The number of thioether (sulfide) groups is 2. The first-order valence-electron chi connectivity index (χ1n) is 5.64. The van der Waals surface area contributed by atoms with Gasteiger partial charge in [0.2, 0.25) is 0 Å². The Labute approximate surface area is 95.8 Å². The Hall–Kier alpha value is 0.370. The van der Waals surface area contributed by atoms with Crippen LogP contribution in [-0.2, 0) is 4.79 Å². The summed E-state index contributed by atoms with van der Waals surface area (Å²) in [5.74, 6) is 1.05. The SMILES string of the molecule is CCCCCCCC1SCCC(=O)S1. The molecule has 1 heterocycles. The van der Waals surface area contributed by atoms with Crippen molar-refractivity contribution in [2.75, 3.05) is 5.75 Å². The van der Waals surface area contributed by atoms with E-state index in [2.05, 4.69) is 6.92 Å². The van der Waals surface area contributed by atoms with E-state index in [1.165, 1.54) is 38.5 Å². The summed E-state index contributed by atoms with van der Waals surface area (Å²) in [5, 5.41) is 0.405. The van der Waals surface area contributed by atoms with E-state index in [9.17, 15) is 4.79 Å². The molecule has 1 aliphatic rings. The van der Waals surface area contributed by atoms with Crippen LogP contribution >= 0.6 is 23.5 Å². The molecule has 0 saturated carbocycles. The van der Waals surface area contributed by atoms with E-state index in [4.69, 9.17) is 0 Å². The molecule has 1 nitrogen and oxygen atoms in total. The molecule has 1 aliphatic heterocycles. The van der Waals surface area contributed by atoms with Crippen LogP contribution in [0.1, 0.15) is 51.9 Å². The van der Waals surface area contributed by atoms with Gasteiger partial charge in [0.25, 0.3) is 0 Å². The summed E-state index contributed by atoms with van der Waals surface area (Å²) in [6.07, 6.45) is 8.70. The Morgan fingerprint density at radius 1 is 1.29 bits per heavy atom. The van der Waals surface area contributed by atoms with E-state index in [-0.39, 0.29) is 0 Å². The zero-order chi connectivity index (χ0) is 10.2. The fourth-order valence-corrected chi connectivity index (χ4v) is 4.28. The normalized spacial score (nSPS) is 22.6. The smallest absolute Gasteiger partial charge is 0.190 e. The first-order valence-corrected chi connectivity index (χ1v) is 7.57. The summed E-state index contributed by atoms with van der Waals surface area (Å²) in [7, 11) is 0. The van der Waals surface area contributed by atoms with Crippen molar-refractivity contribution in [3.8, 4) is 0 Å². The molecule has 0 N–H and O–H groups in total. The van der Waals surface area contributed by atoms with Crippen LogP contribution in [0.25, 0.3) is 0 Å². The van der Waals surface area contributed by atoms with Crippen LogP contribution in [-0.4, -0.2) is 15.5 Å². The molecule has 3 heteroatoms. The molecule has 1 atom stereocenters. The third-order valence-corrected chi connectivity index (χ3v) is 5.13. The van der Waals surface area contributed by atoms with Gasteiger partial charge in [0.15, 0.2) is 5.12 Å². The standard InChI is InChI=1S/C11H20OS2/c1-2-3-4-5-6-7-11-13-9-8-10(12)14-11/h11H,2-9H2,1H3. The van der Waals surface area contributed by atoms with Crippen molar-refractivity contribution in [2.45, 2.75) is 56.5 Å². The van der Waals surface area contributed by atoms with Gasteiger partial charge in [-0.05, 0) is 6.42 Å². The molecule has 0 bridgehead atoms. The molecule has 0 aromatic carbocycles. The van der Waals surface area contributed by atoms with E-state index in [0.29, 0.717) is 9.70 Å². The summed E-state index contributed by atoms with van der Waals surface area (Å²) in [5.41, 5.74) is 0. The third-order valence-electron chi connectivity index (χ3n) is 2.42. The number of carbonyl (C=O) groups excluding carboxylic acids is 1. The summed E-state index contributed by atoms with van der Waals surface area (Å²) in [4.78, 5) is 11.2. The number of hydrogen-bond acceptors (Lipinski definition) is 3. The van der Waals surface area contributed by atoms with Gasteiger partial charge in [0.05, 0.1) is 4.58 Å². The maximum atomic E-state index is 11.2. The van der Waals surface area contributed by atoms with Gasteiger partial charge in [-0.3, -0.25) is 4.79 Å². The second-order valence-corrected chi connectivity index (χ2v) is 6.61. The molecule has 0 spiro atoms. The summed E-state index contributed by atoms with van der Waals surface area (Å²) in [6, 6.07) is 0. The molecule has 1 saturated heterocycles. The predicted molar refractivity (Wildman–Crippen MR) is 66.8 cm³/mol. The van der Waals surface area contributed by atoms with Gasteiger partial charge in [-0.25, -0.2) is 0 Å². The predicted octanol–water partition coefficient (Wildman–Crippen LogP) is 4.07. The van der Waals surface area contributed by atoms with E-state index in [1.54, 1.807) is 11.8 Å². The van der Waals surface area contributed by atoms with Crippen LogP contribution in [0.3, 0.4) is 0 Å². The fourth-order valence-electron chi connectivity index (χ4n) is 1.57. The largest absolute Gasteiger partial charge is 0.287 e. The van der Waals surface area contributed by atoms with Crippen molar-refractivity contribution >= 4 is 28.6 Å². The fraction of sp³-hybridized carbons (Fsp3) is 0.909. The molecule has 14 heavy (non-hydrogen) atoms. The lowest BCUT2D eigenvalue weighted by Gasteiger charge is -2.19. The molecular formula is C11H20OS2. The summed E-state index contributed by atoms with van der Waals surface area (Å²) in [6.45, 7) is 2.24. The van der Waals surface area contributed by atoms with E-state index >= 15 is 0 Å². The first-order chi connectivity index (χ1) is 6.83. The minimum Gasteiger partial charge on any atom is -0.287 e. The highest BCUT2D eigenvalue weighted by atomic mass is 32.2. The molecule has 1 fully saturated rings. The lowest BCUT2D eigenvalue weighted by Crippen LogP contribution is -2.11. The minimum atomic E-state index is 0.405. The molecule has 0 amide bonds. The Balaban J connectivity index is 1.97. The summed E-state index contributed by atoms with van der Waals surface area (Å²) < 4.78 is 0.567. The zero-order valence-electron chi connectivity index (χ0n) is 8.96. The lowest BCUT2D eigenvalue weighted by atomic mass is 10.1. The molecule has 0 aliphatic carbocycles. The van der Waals surface area contributed by atoms with Crippen molar-refractivity contribution in [2.24, 2.45) is 0 Å². The molecule has 0 aromatic heterocycles. The average molecular weight is 232 g/mol. The van der Waals surface area contributed by atoms with Crippen LogP contribution in [0.5, 0.6) is 0 Å². The maximum absolute atomic E-state index is 11.2. The highest BCUT2D eigenvalue weighted by molar-refractivity contribution is 8.25. The van der Waals surface area contributed by atoms with Crippen molar-refractivity contribution in [3.05, 3.63) is 0 Å². The number of carbonyl (C=O) groups is 1. The molecular weight excluding hydrogens is 212 g/mol. The Kier molecular flexibility index (Phi) is 6.78. The van der Waals surface area contributed by atoms with Crippen molar-refractivity contribution in [1.82, 2.24) is 0 Å². The van der Waals surface area contributed by atoms with Gasteiger partial charge >= 0.3 is 0 Å². The number of unbranched alkanes of at least 4 members (excludes halogenated alkanes) is 4. The Morgan fingerprint density at radius 3 is 2.79 bits per heavy atom. The van der Waals surface area contributed by atoms with E-state index in [1.807, 2.05) is 11.8 Å². The number of hydrogen-bond donors (Lipinski definition) is 0. The number of rotatable bonds is 6. The third kappa shape index (κ3) is 5.30. The van der Waals surface area contributed by atoms with Crippen molar-refractivity contribution < 1.29 is 4.79 Å². The topological polar surface area (TPSA) is 17.1 Å². The minimum absolute atomic E-state index is 0.405. The first kappa shape index (κ1) is 12.4. The van der Waals surface area contributed by atoms with Crippen LogP contribution in [0.4, 0.5) is 0 Å². The Morgan fingerprint density at radius 2 is 2.07 bits per heavy atom. The molecule has 82 valence electrons. The van der Waals surface area contributed by atoms with E-state index < -0.39 is 0 Å². The molecule has 1 unspecified atom stereocenters. The zero-order valence-corrected chi connectivity index (χ0v) is 10.6. The van der Waals surface area contributed by atoms with Crippen molar-refractivity contribution in [3.63, 3.8) is 0 Å². The van der Waals surface area contributed by atoms with Crippen LogP contribution in [0, 0.1) is 0 Å². The quantitative estimate of drug-likeness (QED) is 0.643. The second kappa shape index (κ2) is 7.63. The lowest BCUT2D eigenvalue weighted by molar-refractivity contribution is -0.110. The Bertz CT molecular complexity index is 171. The summed E-state index contributed by atoms with van der Waals surface area (Å²) >= 11 is 3.55. The average Bonchev–Trinajstić information content (AvgIpc) is 2.18. The van der Waals surface area contributed by atoms with Gasteiger partial charge in [-0.15, -0.1) is 11.8 Å². The van der Waals surface area contributed by atoms with E-state index in [0.717, 1.165) is 12.2 Å². The highest BCUT2D eigenvalue weighted by Crippen LogP contribution is 2.35. The van der Waals surface area contributed by atoms with Gasteiger partial charge in [-0.2, -0.15) is 0 Å². The second-order valence-electron chi connectivity index (χ2n) is 3.74. The highest BCUT2D eigenvalue weighted by Gasteiger charge is 2.19.